The van der Waals surface area contributed by atoms with Crippen LogP contribution in [0.2, 0.25) is 0 Å². The third kappa shape index (κ3) is 6.68. The predicted octanol–water partition coefficient (Wildman–Crippen LogP) is 1.55. The van der Waals surface area contributed by atoms with Crippen LogP contribution in [0.3, 0.4) is 0 Å². The van der Waals surface area contributed by atoms with Gasteiger partial charge in [-0.2, -0.15) is 9.65 Å². The Balaban J connectivity index is 1.71. The molecule has 0 fully saturated rings. The van der Waals surface area contributed by atoms with Crippen molar-refractivity contribution >= 4 is 23.4 Å². The van der Waals surface area contributed by atoms with Gasteiger partial charge in [0.15, 0.2) is 5.82 Å². The average Bonchev–Trinajstić information content (AvgIpc) is 2.88. The van der Waals surface area contributed by atoms with Crippen molar-refractivity contribution in [3.8, 4) is 6.07 Å². The molecule has 3 aromatic rings. The van der Waals surface area contributed by atoms with E-state index in [0.717, 1.165) is 11.1 Å². The number of hydrazine groups is 1. The second-order valence-corrected chi connectivity index (χ2v) is 7.37. The van der Waals surface area contributed by atoms with Crippen molar-refractivity contribution < 1.29 is 23.1 Å². The molecule has 13 nitrogen and oxygen atoms in total. The lowest BCUT2D eigenvalue weighted by molar-refractivity contribution is 0.102. The summed E-state index contributed by atoms with van der Waals surface area (Å²) in [5.74, 6) is 3.28. The zero-order valence-corrected chi connectivity index (χ0v) is 19.4. The van der Waals surface area contributed by atoms with Gasteiger partial charge in [-0.3, -0.25) is 20.1 Å². The average molecular weight is 510 g/mol. The first-order valence-corrected chi connectivity index (χ1v) is 10.4. The molecule has 3 aromatic heterocycles. The fraction of sp³-hybridized carbons (Fsp3) is 0.136. The molecule has 2 amide bonds. The highest BCUT2D eigenvalue weighted by molar-refractivity contribution is 6.03. The summed E-state index contributed by atoms with van der Waals surface area (Å²) in [7, 11) is 1.39. The van der Waals surface area contributed by atoms with Crippen molar-refractivity contribution in [3.63, 3.8) is 0 Å². The van der Waals surface area contributed by atoms with Crippen LogP contribution in [0.15, 0.2) is 48.8 Å². The highest BCUT2D eigenvalue weighted by atomic mass is 19.1. The molecule has 6 N–H and O–H groups in total. The van der Waals surface area contributed by atoms with Crippen LogP contribution in [0.5, 0.6) is 0 Å². The first-order chi connectivity index (χ1) is 17.6. The molecule has 0 aliphatic heterocycles. The quantitative estimate of drug-likeness (QED) is 0.204. The maximum absolute atomic E-state index is 13.9. The number of amides is 2. The monoisotopic (exact) mass is 510 g/mol. The number of nitrogens with zero attached hydrogens (tertiary/aromatic N) is 6. The van der Waals surface area contributed by atoms with Crippen molar-refractivity contribution in [2.24, 2.45) is 11.6 Å². The molecule has 0 aliphatic rings. The number of alkyl carbamates (subject to hydrolysis) is 1. The topological polar surface area (TPSA) is 198 Å². The van der Waals surface area contributed by atoms with E-state index in [1.807, 2.05) is 0 Å². The first kappa shape index (κ1) is 26.4. The number of nitriles is 1. The number of aromatic nitrogens is 4. The molecule has 0 aliphatic carbocycles. The molecule has 0 radical (unpaired) electrons. The molecular formula is C22H20F2N10O3. The van der Waals surface area contributed by atoms with Crippen molar-refractivity contribution in [3.05, 3.63) is 83.2 Å². The van der Waals surface area contributed by atoms with E-state index in [1.165, 1.54) is 44.7 Å². The molecule has 0 spiro atoms. The molecule has 37 heavy (non-hydrogen) atoms. The van der Waals surface area contributed by atoms with Crippen LogP contribution >= 0.6 is 0 Å². The minimum atomic E-state index is -1.18. The van der Waals surface area contributed by atoms with E-state index < -0.39 is 29.9 Å². The number of halogens is 2. The smallest absolute Gasteiger partial charge is 0.413 e. The van der Waals surface area contributed by atoms with E-state index in [0.29, 0.717) is 11.9 Å². The maximum Gasteiger partial charge on any atom is 0.413 e. The van der Waals surface area contributed by atoms with E-state index in [-0.39, 0.29) is 34.2 Å². The normalized spacial score (nSPS) is 12.0. The van der Waals surface area contributed by atoms with Crippen LogP contribution in [0.1, 0.15) is 40.5 Å². The molecule has 3 heterocycles. The third-order valence-electron chi connectivity index (χ3n) is 4.69. The number of rotatable bonds is 7. The van der Waals surface area contributed by atoms with Gasteiger partial charge >= 0.3 is 6.09 Å². The molecule has 15 heteroatoms. The SMILES string of the molecule is C[C@@H](OC(=O)N/C(=C(/N)c1ccc(NC(=O)c2cnc(C#N)nc2)cn1)N(C)N)c1cc(F)cnc1F. The zero-order chi connectivity index (χ0) is 27.1. The molecule has 3 rings (SSSR count). The Morgan fingerprint density at radius 1 is 1.14 bits per heavy atom. The second kappa shape index (κ2) is 11.5. The van der Waals surface area contributed by atoms with Gasteiger partial charge in [0.1, 0.15) is 23.7 Å². The predicted molar refractivity (Wildman–Crippen MR) is 124 cm³/mol. The van der Waals surface area contributed by atoms with Gasteiger partial charge in [0, 0.05) is 19.4 Å². The Hall–Kier alpha value is -5.23. The van der Waals surface area contributed by atoms with Crippen molar-refractivity contribution in [2.75, 3.05) is 12.4 Å². The molecule has 190 valence electrons. The van der Waals surface area contributed by atoms with E-state index in [2.05, 4.69) is 30.6 Å². The van der Waals surface area contributed by atoms with Gasteiger partial charge in [-0.05, 0) is 25.1 Å². The highest BCUT2D eigenvalue weighted by Crippen LogP contribution is 2.20. The summed E-state index contributed by atoms with van der Waals surface area (Å²) in [4.78, 5) is 39.6. The molecule has 0 unspecified atom stereocenters. The number of carbonyl (C=O) groups excluding carboxylic acids is 2. The van der Waals surface area contributed by atoms with Gasteiger partial charge in [-0.1, -0.05) is 0 Å². The number of carbonyl (C=O) groups is 2. The van der Waals surface area contributed by atoms with Crippen LogP contribution in [0, 0.1) is 23.1 Å². The summed E-state index contributed by atoms with van der Waals surface area (Å²) in [6, 6.07) is 5.56. The summed E-state index contributed by atoms with van der Waals surface area (Å²) in [6.45, 7) is 1.33. The van der Waals surface area contributed by atoms with Crippen LogP contribution in [-0.4, -0.2) is 44.0 Å². The van der Waals surface area contributed by atoms with Gasteiger partial charge in [-0.25, -0.2) is 30.0 Å². The Morgan fingerprint density at radius 2 is 1.84 bits per heavy atom. The van der Waals surface area contributed by atoms with Crippen LogP contribution < -0.4 is 22.2 Å². The zero-order valence-electron chi connectivity index (χ0n) is 19.4. The lowest BCUT2D eigenvalue weighted by Crippen LogP contribution is -2.39. The molecule has 0 aromatic carbocycles. The number of nitrogens with two attached hydrogens (primary N) is 2. The van der Waals surface area contributed by atoms with Gasteiger partial charge < -0.3 is 15.8 Å². The van der Waals surface area contributed by atoms with Gasteiger partial charge in [0.05, 0.1) is 34.9 Å². The minimum absolute atomic E-state index is 0.0634. The number of hydrogen-bond acceptors (Lipinski definition) is 11. The Kier molecular flexibility index (Phi) is 8.17. The summed E-state index contributed by atoms with van der Waals surface area (Å²) in [6.07, 6.45) is 2.17. The highest BCUT2D eigenvalue weighted by Gasteiger charge is 2.20. The minimum Gasteiger partial charge on any atom is -0.441 e. The lowest BCUT2D eigenvalue weighted by atomic mass is 10.2. The largest absolute Gasteiger partial charge is 0.441 e. The summed E-state index contributed by atoms with van der Waals surface area (Å²) in [5.41, 5.74) is 6.41. The van der Waals surface area contributed by atoms with Crippen LogP contribution in [0.25, 0.3) is 5.70 Å². The Morgan fingerprint density at radius 3 is 2.43 bits per heavy atom. The van der Waals surface area contributed by atoms with E-state index >= 15 is 0 Å². The van der Waals surface area contributed by atoms with Crippen molar-refractivity contribution in [1.29, 1.82) is 5.26 Å². The number of pyridine rings is 2. The fourth-order valence-corrected chi connectivity index (χ4v) is 2.87. The number of ether oxygens (including phenoxy) is 1. The van der Waals surface area contributed by atoms with Crippen molar-refractivity contribution in [1.82, 2.24) is 30.3 Å². The second-order valence-electron chi connectivity index (χ2n) is 7.37. The van der Waals surface area contributed by atoms with Crippen molar-refractivity contribution in [2.45, 2.75) is 13.0 Å². The van der Waals surface area contributed by atoms with Crippen LogP contribution in [-0.2, 0) is 4.74 Å². The number of hydrogen-bond donors (Lipinski definition) is 4. The summed E-state index contributed by atoms with van der Waals surface area (Å²) >= 11 is 0. The fourth-order valence-electron chi connectivity index (χ4n) is 2.87. The van der Waals surface area contributed by atoms with Crippen LogP contribution in [0.4, 0.5) is 19.3 Å². The maximum atomic E-state index is 13.9. The molecule has 0 saturated carbocycles. The Labute approximate surface area is 208 Å². The lowest BCUT2D eigenvalue weighted by Gasteiger charge is -2.21. The standard InChI is InChI=1S/C22H20F2N10O3/c1-11(15-5-13(23)9-31-19(15)24)37-22(36)33-20(34(2)27)18(26)16-4-3-14(10-28-16)32-21(35)12-7-29-17(6-25)30-8-12/h3-5,7-11H,26-27H2,1-2H3,(H,32,35)(H,33,36)/b20-18-/t11-/m1/s1. The van der Waals surface area contributed by atoms with E-state index in [9.17, 15) is 18.4 Å². The Bertz CT molecular complexity index is 1370. The third-order valence-corrected chi connectivity index (χ3v) is 4.69. The summed E-state index contributed by atoms with van der Waals surface area (Å²) in [5, 5.41) is 14.6. The van der Waals surface area contributed by atoms with Gasteiger partial charge in [0.25, 0.3) is 5.91 Å². The van der Waals surface area contributed by atoms with Gasteiger partial charge in [-0.15, -0.1) is 0 Å². The molecule has 0 bridgehead atoms. The molecule has 0 saturated heterocycles. The first-order valence-electron chi connectivity index (χ1n) is 10.4. The number of nitrogens with one attached hydrogen (secondary N) is 2. The molecular weight excluding hydrogens is 490 g/mol. The molecule has 1 atom stereocenters. The summed E-state index contributed by atoms with van der Waals surface area (Å²) < 4.78 is 32.3. The van der Waals surface area contributed by atoms with E-state index in [1.54, 1.807) is 6.07 Å². The van der Waals surface area contributed by atoms with E-state index in [4.69, 9.17) is 21.6 Å². The van der Waals surface area contributed by atoms with Gasteiger partial charge in [0.2, 0.25) is 11.8 Å². The number of anilines is 1.